The highest BCUT2D eigenvalue weighted by Crippen LogP contribution is 2.26. The Balaban J connectivity index is 1.98. The first-order valence-electron chi connectivity index (χ1n) is 7.65. The lowest BCUT2D eigenvalue weighted by atomic mass is 10.0. The monoisotopic (exact) mass is 325 g/mol. The highest BCUT2D eigenvalue weighted by Gasteiger charge is 2.24. The van der Waals surface area contributed by atoms with Crippen LogP contribution in [0.1, 0.15) is 29.5 Å². The van der Waals surface area contributed by atoms with Gasteiger partial charge in [-0.15, -0.1) is 0 Å². The average molecular weight is 325 g/mol. The summed E-state index contributed by atoms with van der Waals surface area (Å²) in [6.07, 6.45) is 3.37. The minimum atomic E-state index is -3.83. The fourth-order valence-electron chi connectivity index (χ4n) is 3.11. The summed E-state index contributed by atoms with van der Waals surface area (Å²) in [7, 11) is -3.83. The number of rotatable bonds is 6. The Hall–Kier alpha value is -1.40. The molecule has 1 aliphatic rings. The zero-order valence-corrected chi connectivity index (χ0v) is 14.4. The van der Waals surface area contributed by atoms with Gasteiger partial charge in [0.2, 0.25) is 6.34 Å². The van der Waals surface area contributed by atoms with Crippen LogP contribution in [0.2, 0.25) is 0 Å². The molecule has 122 valence electrons. The lowest BCUT2D eigenvalue weighted by Crippen LogP contribution is -2.20. The van der Waals surface area contributed by atoms with E-state index in [1.54, 1.807) is 0 Å². The van der Waals surface area contributed by atoms with Crippen LogP contribution in [0.25, 0.3) is 0 Å². The summed E-state index contributed by atoms with van der Waals surface area (Å²) in [5.41, 5.74) is 5.11. The summed E-state index contributed by atoms with van der Waals surface area (Å²) in [6.45, 7) is 9.09. The van der Waals surface area contributed by atoms with E-state index in [1.807, 2.05) is 0 Å². The van der Waals surface area contributed by atoms with Crippen LogP contribution in [-0.2, 0) is 10.1 Å². The highest BCUT2D eigenvalue weighted by molar-refractivity contribution is 7.85. The molecule has 0 unspecified atom stereocenters. The molecule has 0 bridgehead atoms. The van der Waals surface area contributed by atoms with E-state index in [2.05, 4.69) is 48.7 Å². The second-order valence-corrected chi connectivity index (χ2v) is 7.66. The molecule has 22 heavy (non-hydrogen) atoms. The molecule has 0 fully saturated rings. The fourth-order valence-corrected chi connectivity index (χ4v) is 3.68. The van der Waals surface area contributed by atoms with Crippen LogP contribution in [-0.4, -0.2) is 49.3 Å². The SMILES string of the molecule is Cc1cc(C)c(N2C=[N+](CCCCS(=O)(=O)O)CC2)c(C)c1. The number of aryl methyl sites for hydroxylation is 3. The third-order valence-corrected chi connectivity index (χ3v) is 4.76. The summed E-state index contributed by atoms with van der Waals surface area (Å²) in [5.74, 6) is -0.152. The van der Waals surface area contributed by atoms with Crippen LogP contribution in [0, 0.1) is 20.8 Å². The maximum Gasteiger partial charge on any atom is 0.264 e. The van der Waals surface area contributed by atoms with Gasteiger partial charge >= 0.3 is 0 Å². The van der Waals surface area contributed by atoms with Gasteiger partial charge in [-0.1, -0.05) is 17.7 Å². The largest absolute Gasteiger partial charge is 0.286 e. The normalized spacial score (nSPS) is 15.3. The first kappa shape index (κ1) is 17.0. The summed E-state index contributed by atoms with van der Waals surface area (Å²) in [5, 5.41) is 0. The van der Waals surface area contributed by atoms with Crippen molar-refractivity contribution in [2.24, 2.45) is 0 Å². The zero-order chi connectivity index (χ0) is 16.3. The van der Waals surface area contributed by atoms with Gasteiger partial charge in [0.1, 0.15) is 18.8 Å². The van der Waals surface area contributed by atoms with Gasteiger partial charge in [0.05, 0.1) is 12.3 Å². The molecule has 0 radical (unpaired) electrons. The van der Waals surface area contributed by atoms with Crippen molar-refractivity contribution >= 4 is 22.1 Å². The van der Waals surface area contributed by atoms with Gasteiger partial charge < -0.3 is 0 Å². The van der Waals surface area contributed by atoms with Gasteiger partial charge in [0.15, 0.2) is 0 Å². The molecule has 1 aromatic carbocycles. The van der Waals surface area contributed by atoms with Gasteiger partial charge in [-0.2, -0.15) is 8.42 Å². The lowest BCUT2D eigenvalue weighted by Gasteiger charge is -2.13. The predicted octanol–water partition coefficient (Wildman–Crippen LogP) is 2.14. The maximum atomic E-state index is 10.7. The first-order chi connectivity index (χ1) is 10.3. The van der Waals surface area contributed by atoms with E-state index in [0.29, 0.717) is 6.42 Å². The summed E-state index contributed by atoms with van der Waals surface area (Å²) < 4.78 is 32.3. The molecule has 1 heterocycles. The third-order valence-electron chi connectivity index (χ3n) is 3.95. The van der Waals surface area contributed by atoms with Crippen LogP contribution in [0.15, 0.2) is 12.1 Å². The van der Waals surface area contributed by atoms with Crippen LogP contribution >= 0.6 is 0 Å². The van der Waals surface area contributed by atoms with E-state index in [9.17, 15) is 8.42 Å². The predicted molar refractivity (Wildman–Crippen MR) is 89.7 cm³/mol. The van der Waals surface area contributed by atoms with Crippen molar-refractivity contribution in [3.8, 4) is 0 Å². The fraction of sp³-hybridized carbons (Fsp3) is 0.562. The Bertz CT molecular complexity index is 658. The van der Waals surface area contributed by atoms with Gasteiger partial charge in [0.25, 0.3) is 10.1 Å². The van der Waals surface area contributed by atoms with E-state index < -0.39 is 10.1 Å². The molecule has 1 aliphatic heterocycles. The summed E-state index contributed by atoms with van der Waals surface area (Å²) in [4.78, 5) is 2.27. The van der Waals surface area contributed by atoms with Crippen LogP contribution in [0.3, 0.4) is 0 Å². The Morgan fingerprint density at radius 1 is 1.18 bits per heavy atom. The highest BCUT2D eigenvalue weighted by atomic mass is 32.2. The zero-order valence-electron chi connectivity index (χ0n) is 13.5. The van der Waals surface area contributed by atoms with Gasteiger partial charge in [-0.05, 0) is 44.7 Å². The van der Waals surface area contributed by atoms with E-state index in [1.165, 1.54) is 22.4 Å². The van der Waals surface area contributed by atoms with Crippen LogP contribution in [0.5, 0.6) is 0 Å². The summed E-state index contributed by atoms with van der Waals surface area (Å²) >= 11 is 0. The maximum absolute atomic E-state index is 10.7. The number of benzene rings is 1. The number of anilines is 1. The minimum absolute atomic E-state index is 0.152. The molecule has 0 aromatic heterocycles. The molecule has 0 amide bonds. The lowest BCUT2D eigenvalue weighted by molar-refractivity contribution is -0.514. The quantitative estimate of drug-likeness (QED) is 0.494. The number of hydrogen-bond acceptors (Lipinski definition) is 3. The molecule has 0 spiro atoms. The molecule has 1 N–H and O–H groups in total. The van der Waals surface area contributed by atoms with Crippen molar-refractivity contribution in [3.63, 3.8) is 0 Å². The number of unbranched alkanes of at least 4 members (excludes halogenated alkanes) is 1. The van der Waals surface area contributed by atoms with Crippen molar-refractivity contribution in [2.75, 3.05) is 30.3 Å². The molecular weight excluding hydrogens is 300 g/mol. The third kappa shape index (κ3) is 4.55. The molecule has 0 aliphatic carbocycles. The van der Waals surface area contributed by atoms with Crippen molar-refractivity contribution in [3.05, 3.63) is 28.8 Å². The summed E-state index contributed by atoms with van der Waals surface area (Å²) in [6, 6.07) is 4.40. The number of nitrogens with zero attached hydrogens (tertiary/aromatic N) is 2. The van der Waals surface area contributed by atoms with Gasteiger partial charge in [-0.25, -0.2) is 4.90 Å². The molecule has 6 heteroatoms. The van der Waals surface area contributed by atoms with Crippen molar-refractivity contribution in [1.29, 1.82) is 0 Å². The molecule has 1 aromatic rings. The Morgan fingerprint density at radius 2 is 1.82 bits per heavy atom. The van der Waals surface area contributed by atoms with Crippen molar-refractivity contribution < 1.29 is 17.5 Å². The van der Waals surface area contributed by atoms with Gasteiger partial charge in [-0.3, -0.25) is 9.13 Å². The molecule has 0 saturated carbocycles. The minimum Gasteiger partial charge on any atom is -0.286 e. The van der Waals surface area contributed by atoms with Gasteiger partial charge in [0, 0.05) is 0 Å². The van der Waals surface area contributed by atoms with E-state index in [4.69, 9.17) is 4.55 Å². The van der Waals surface area contributed by atoms with Crippen molar-refractivity contribution in [2.45, 2.75) is 33.6 Å². The number of hydrogen-bond donors (Lipinski definition) is 1. The van der Waals surface area contributed by atoms with Crippen LogP contribution < -0.4 is 4.90 Å². The Kier molecular flexibility index (Phi) is 5.24. The molecular formula is C16H25N2O3S+. The second kappa shape index (κ2) is 6.79. The average Bonchev–Trinajstić information content (AvgIpc) is 2.81. The second-order valence-electron chi connectivity index (χ2n) is 6.09. The molecule has 0 atom stereocenters. The van der Waals surface area contributed by atoms with E-state index in [-0.39, 0.29) is 5.75 Å². The van der Waals surface area contributed by atoms with E-state index in [0.717, 1.165) is 26.1 Å². The van der Waals surface area contributed by atoms with E-state index >= 15 is 0 Å². The Morgan fingerprint density at radius 3 is 2.41 bits per heavy atom. The van der Waals surface area contributed by atoms with Crippen molar-refractivity contribution in [1.82, 2.24) is 0 Å². The molecule has 2 rings (SSSR count). The smallest absolute Gasteiger partial charge is 0.264 e. The standard InChI is InChI=1S/C16H24N2O3S/c1-13-10-14(2)16(15(3)11-13)18-8-7-17(12-18)6-4-5-9-22(19,20)21/h10-12H,4-9H2,1-3H3/p+1. The Labute approximate surface area is 133 Å². The first-order valence-corrected chi connectivity index (χ1v) is 9.26. The van der Waals surface area contributed by atoms with Crippen LogP contribution in [0.4, 0.5) is 5.69 Å². The molecule has 5 nitrogen and oxygen atoms in total. The topological polar surface area (TPSA) is 60.6 Å². The molecule has 0 saturated heterocycles.